The third-order valence-electron chi connectivity index (χ3n) is 2.08. The minimum Gasteiger partial charge on any atom is -0.358 e. The van der Waals surface area contributed by atoms with Crippen molar-refractivity contribution in [1.29, 1.82) is 0 Å². The van der Waals surface area contributed by atoms with Gasteiger partial charge < -0.3 is 4.74 Å². The van der Waals surface area contributed by atoms with E-state index in [1.54, 1.807) is 18.1 Å². The normalized spacial score (nSPS) is 12.5. The minimum absolute atomic E-state index is 0.355. The van der Waals surface area contributed by atoms with Crippen LogP contribution in [0.5, 0.6) is 0 Å². The number of methoxy groups -OCH3 is 1. The second-order valence-corrected chi connectivity index (χ2v) is 3.85. The van der Waals surface area contributed by atoms with E-state index in [4.69, 9.17) is 4.74 Å². The van der Waals surface area contributed by atoms with E-state index < -0.39 is 5.72 Å². The molecule has 0 saturated carbocycles. The summed E-state index contributed by atoms with van der Waals surface area (Å²) in [5.41, 5.74) is -0.417. The number of ether oxygens (including phenoxy) is 1. The van der Waals surface area contributed by atoms with Crippen LogP contribution in [-0.2, 0) is 10.5 Å². The lowest BCUT2D eigenvalue weighted by molar-refractivity contribution is -0.0554. The van der Waals surface area contributed by atoms with E-state index in [1.165, 1.54) is 0 Å². The van der Waals surface area contributed by atoms with E-state index in [0.29, 0.717) is 5.92 Å². The molecule has 0 fully saturated rings. The molecule has 1 heterocycles. The molecule has 0 amide bonds. The zero-order valence-corrected chi connectivity index (χ0v) is 8.90. The molecule has 4 nitrogen and oxygen atoms in total. The van der Waals surface area contributed by atoms with Crippen LogP contribution in [0.15, 0.2) is 6.33 Å². The van der Waals surface area contributed by atoms with Crippen molar-refractivity contribution < 1.29 is 4.74 Å². The van der Waals surface area contributed by atoms with Crippen molar-refractivity contribution >= 4 is 0 Å². The predicted molar refractivity (Wildman–Crippen MR) is 50.4 cm³/mol. The first-order valence-electron chi connectivity index (χ1n) is 4.44. The van der Waals surface area contributed by atoms with Crippen LogP contribution in [0.4, 0.5) is 0 Å². The Hall–Kier alpha value is -0.900. The summed E-state index contributed by atoms with van der Waals surface area (Å²) in [4.78, 5) is 4.20. The zero-order chi connectivity index (χ0) is 10.1. The molecule has 74 valence electrons. The van der Waals surface area contributed by atoms with Gasteiger partial charge in [-0.3, -0.25) is 0 Å². The zero-order valence-electron chi connectivity index (χ0n) is 8.90. The molecule has 0 bridgehead atoms. The summed E-state index contributed by atoms with van der Waals surface area (Å²) < 4.78 is 7.02. The summed E-state index contributed by atoms with van der Waals surface area (Å²) in [6.07, 6.45) is 1.71. The standard InChI is InChI=1S/C9H17N3O/c1-7(2)8-10-6-12(11-8)9(3,4)13-5/h6-7H,1-5H3. The fourth-order valence-corrected chi connectivity index (χ4v) is 0.893. The largest absolute Gasteiger partial charge is 0.358 e. The van der Waals surface area contributed by atoms with Crippen molar-refractivity contribution in [2.24, 2.45) is 0 Å². The van der Waals surface area contributed by atoms with Crippen molar-refractivity contribution in [2.45, 2.75) is 39.3 Å². The summed E-state index contributed by atoms with van der Waals surface area (Å²) >= 11 is 0. The highest BCUT2D eigenvalue weighted by Gasteiger charge is 2.20. The number of hydrogen-bond acceptors (Lipinski definition) is 3. The van der Waals surface area contributed by atoms with Crippen LogP contribution in [0.3, 0.4) is 0 Å². The maximum absolute atomic E-state index is 5.28. The smallest absolute Gasteiger partial charge is 0.156 e. The first-order chi connectivity index (χ1) is 5.97. The first kappa shape index (κ1) is 10.2. The van der Waals surface area contributed by atoms with Gasteiger partial charge >= 0.3 is 0 Å². The van der Waals surface area contributed by atoms with Crippen LogP contribution in [0.1, 0.15) is 39.4 Å². The average Bonchev–Trinajstić information content (AvgIpc) is 2.52. The van der Waals surface area contributed by atoms with E-state index in [9.17, 15) is 0 Å². The van der Waals surface area contributed by atoms with Gasteiger partial charge in [-0.05, 0) is 13.8 Å². The Morgan fingerprint density at radius 3 is 2.46 bits per heavy atom. The molecular formula is C9H17N3O. The SMILES string of the molecule is COC(C)(C)n1cnc(C(C)C)n1. The Balaban J connectivity index is 2.91. The van der Waals surface area contributed by atoms with Crippen LogP contribution in [0, 0.1) is 0 Å². The van der Waals surface area contributed by atoms with Crippen LogP contribution in [0.25, 0.3) is 0 Å². The molecule has 4 heteroatoms. The van der Waals surface area contributed by atoms with E-state index in [-0.39, 0.29) is 0 Å². The van der Waals surface area contributed by atoms with Crippen molar-refractivity contribution in [1.82, 2.24) is 14.8 Å². The van der Waals surface area contributed by atoms with Gasteiger partial charge in [-0.25, -0.2) is 9.67 Å². The first-order valence-corrected chi connectivity index (χ1v) is 4.44. The molecular weight excluding hydrogens is 166 g/mol. The van der Waals surface area contributed by atoms with Gasteiger partial charge in [-0.2, -0.15) is 5.10 Å². The fourth-order valence-electron chi connectivity index (χ4n) is 0.893. The van der Waals surface area contributed by atoms with E-state index >= 15 is 0 Å². The summed E-state index contributed by atoms with van der Waals surface area (Å²) in [5, 5.41) is 4.33. The van der Waals surface area contributed by atoms with Gasteiger partial charge in [-0.1, -0.05) is 13.8 Å². The van der Waals surface area contributed by atoms with Gasteiger partial charge in [-0.15, -0.1) is 0 Å². The third kappa shape index (κ3) is 2.06. The van der Waals surface area contributed by atoms with E-state index in [2.05, 4.69) is 23.9 Å². The van der Waals surface area contributed by atoms with Crippen LogP contribution >= 0.6 is 0 Å². The molecule has 1 aromatic heterocycles. The Morgan fingerprint density at radius 1 is 1.46 bits per heavy atom. The molecule has 1 aromatic rings. The highest BCUT2D eigenvalue weighted by Crippen LogP contribution is 2.15. The quantitative estimate of drug-likeness (QED) is 0.716. The Bertz CT molecular complexity index is 278. The topological polar surface area (TPSA) is 39.9 Å². The molecule has 0 atom stereocenters. The molecule has 0 N–H and O–H groups in total. The Kier molecular flexibility index (Phi) is 2.71. The lowest BCUT2D eigenvalue weighted by Gasteiger charge is -2.22. The summed E-state index contributed by atoms with van der Waals surface area (Å²) in [7, 11) is 1.66. The summed E-state index contributed by atoms with van der Waals surface area (Å²) in [5.74, 6) is 1.21. The van der Waals surface area contributed by atoms with Crippen molar-refractivity contribution in [3.8, 4) is 0 Å². The molecule has 13 heavy (non-hydrogen) atoms. The van der Waals surface area contributed by atoms with Crippen molar-refractivity contribution in [2.75, 3.05) is 7.11 Å². The van der Waals surface area contributed by atoms with Crippen molar-refractivity contribution in [3.05, 3.63) is 12.2 Å². The molecule has 1 rings (SSSR count). The maximum Gasteiger partial charge on any atom is 0.156 e. The van der Waals surface area contributed by atoms with Gasteiger partial charge in [0.25, 0.3) is 0 Å². The lowest BCUT2D eigenvalue weighted by Crippen LogP contribution is -2.28. The van der Waals surface area contributed by atoms with E-state index in [1.807, 2.05) is 13.8 Å². The van der Waals surface area contributed by atoms with Crippen molar-refractivity contribution in [3.63, 3.8) is 0 Å². The molecule has 0 aliphatic rings. The average molecular weight is 183 g/mol. The molecule has 0 aliphatic carbocycles. The minimum atomic E-state index is -0.417. The highest BCUT2D eigenvalue weighted by molar-refractivity contribution is 4.89. The second kappa shape index (κ2) is 3.46. The van der Waals surface area contributed by atoms with Gasteiger partial charge in [0.1, 0.15) is 6.33 Å². The lowest BCUT2D eigenvalue weighted by atomic mass is 10.2. The summed E-state index contributed by atoms with van der Waals surface area (Å²) in [6, 6.07) is 0. The van der Waals surface area contributed by atoms with Crippen LogP contribution in [0.2, 0.25) is 0 Å². The van der Waals surface area contributed by atoms with Gasteiger partial charge in [0.05, 0.1) is 0 Å². The highest BCUT2D eigenvalue weighted by atomic mass is 16.5. The number of rotatable bonds is 3. The third-order valence-corrected chi connectivity index (χ3v) is 2.08. The predicted octanol–water partition coefficient (Wildman–Crippen LogP) is 1.74. The molecule has 0 aliphatic heterocycles. The number of aromatic nitrogens is 3. The number of nitrogens with zero attached hydrogens (tertiary/aromatic N) is 3. The Labute approximate surface area is 78.9 Å². The fraction of sp³-hybridized carbons (Fsp3) is 0.778. The summed E-state index contributed by atoms with van der Waals surface area (Å²) in [6.45, 7) is 8.04. The molecule has 0 unspecified atom stereocenters. The van der Waals surface area contributed by atoms with Gasteiger partial charge in [0.2, 0.25) is 0 Å². The van der Waals surface area contributed by atoms with Gasteiger partial charge in [0.15, 0.2) is 11.5 Å². The maximum atomic E-state index is 5.28. The molecule has 0 saturated heterocycles. The van der Waals surface area contributed by atoms with Crippen LogP contribution in [-0.4, -0.2) is 21.9 Å². The second-order valence-electron chi connectivity index (χ2n) is 3.85. The van der Waals surface area contributed by atoms with Gasteiger partial charge in [0, 0.05) is 13.0 Å². The Morgan fingerprint density at radius 2 is 2.08 bits per heavy atom. The van der Waals surface area contributed by atoms with Crippen LogP contribution < -0.4 is 0 Å². The van der Waals surface area contributed by atoms with E-state index in [0.717, 1.165) is 5.82 Å². The number of hydrogen-bond donors (Lipinski definition) is 0. The molecule has 0 radical (unpaired) electrons. The molecule has 0 spiro atoms. The molecule has 0 aromatic carbocycles. The monoisotopic (exact) mass is 183 g/mol.